The van der Waals surface area contributed by atoms with Crippen molar-refractivity contribution < 1.29 is 32.3 Å². The standard InChI is InChI=1S/C6H12Cl2O7P2/c7-3-1-5-6(2-4-8)14-17(12,13-5)15-16(9,10)11/h5-6H,1-4H2,(H2,9,10,11). The maximum Gasteiger partial charge on any atom is 0.484 e. The van der Waals surface area contributed by atoms with Crippen LogP contribution in [0.4, 0.5) is 0 Å². The monoisotopic (exact) mass is 328 g/mol. The van der Waals surface area contributed by atoms with Gasteiger partial charge in [0.15, 0.2) is 0 Å². The van der Waals surface area contributed by atoms with Gasteiger partial charge in [-0.05, 0) is 12.8 Å². The predicted octanol–water partition coefficient (Wildman–Crippen LogP) is 2.25. The van der Waals surface area contributed by atoms with Crippen molar-refractivity contribution in [2.24, 2.45) is 0 Å². The Labute approximate surface area is 108 Å². The maximum absolute atomic E-state index is 11.8. The highest BCUT2D eigenvalue weighted by molar-refractivity contribution is 7.61. The lowest BCUT2D eigenvalue weighted by molar-refractivity contribution is 0.149. The van der Waals surface area contributed by atoms with Crippen molar-refractivity contribution in [1.82, 2.24) is 0 Å². The Morgan fingerprint density at radius 3 is 1.88 bits per heavy atom. The third-order valence-corrected chi connectivity index (χ3v) is 5.08. The molecule has 1 saturated heterocycles. The van der Waals surface area contributed by atoms with Crippen LogP contribution in [0.5, 0.6) is 0 Å². The molecule has 1 heterocycles. The molecule has 2 N–H and O–H groups in total. The first-order chi connectivity index (χ1) is 7.79. The minimum Gasteiger partial charge on any atom is -0.302 e. The fraction of sp³-hybridized carbons (Fsp3) is 1.00. The highest BCUT2D eigenvalue weighted by Gasteiger charge is 2.48. The Morgan fingerprint density at radius 1 is 1.18 bits per heavy atom. The summed E-state index contributed by atoms with van der Waals surface area (Å²) in [4.78, 5) is 17.2. The van der Waals surface area contributed by atoms with E-state index in [1.807, 2.05) is 0 Å². The molecular formula is C6H12Cl2O7P2. The summed E-state index contributed by atoms with van der Waals surface area (Å²) in [7, 11) is -9.19. The summed E-state index contributed by atoms with van der Waals surface area (Å²) in [5, 5.41) is 0. The molecule has 2 atom stereocenters. The zero-order chi connectivity index (χ0) is 13.1. The van der Waals surface area contributed by atoms with Crippen molar-refractivity contribution in [1.29, 1.82) is 0 Å². The van der Waals surface area contributed by atoms with Crippen LogP contribution in [0.15, 0.2) is 0 Å². The Bertz CT molecular complexity index is 327. The van der Waals surface area contributed by atoms with Gasteiger partial charge in [0.25, 0.3) is 0 Å². The van der Waals surface area contributed by atoms with Crippen molar-refractivity contribution in [3.8, 4) is 0 Å². The second kappa shape index (κ2) is 6.33. The van der Waals surface area contributed by atoms with Crippen LogP contribution < -0.4 is 0 Å². The molecule has 7 nitrogen and oxygen atoms in total. The van der Waals surface area contributed by atoms with Crippen LogP contribution in [0.1, 0.15) is 12.8 Å². The van der Waals surface area contributed by atoms with Crippen molar-refractivity contribution in [2.75, 3.05) is 11.8 Å². The van der Waals surface area contributed by atoms with Crippen LogP contribution in [0, 0.1) is 0 Å². The van der Waals surface area contributed by atoms with Crippen molar-refractivity contribution >= 4 is 38.8 Å². The first kappa shape index (κ1) is 15.9. The lowest BCUT2D eigenvalue weighted by atomic mass is 10.1. The van der Waals surface area contributed by atoms with E-state index in [1.165, 1.54) is 0 Å². The number of phosphoric acid groups is 2. The van der Waals surface area contributed by atoms with Gasteiger partial charge in [-0.15, -0.1) is 23.2 Å². The van der Waals surface area contributed by atoms with Crippen LogP contribution in [0.2, 0.25) is 0 Å². The largest absolute Gasteiger partial charge is 0.484 e. The van der Waals surface area contributed by atoms with Gasteiger partial charge in [0.2, 0.25) is 0 Å². The van der Waals surface area contributed by atoms with E-state index >= 15 is 0 Å². The molecule has 17 heavy (non-hydrogen) atoms. The van der Waals surface area contributed by atoms with E-state index in [2.05, 4.69) is 4.31 Å². The molecule has 11 heteroatoms. The molecule has 1 fully saturated rings. The van der Waals surface area contributed by atoms with Gasteiger partial charge in [-0.3, -0.25) is 9.05 Å². The van der Waals surface area contributed by atoms with E-state index in [-0.39, 0.29) is 11.8 Å². The van der Waals surface area contributed by atoms with E-state index in [0.29, 0.717) is 12.8 Å². The quantitative estimate of drug-likeness (QED) is 0.569. The third-order valence-electron chi connectivity index (χ3n) is 1.94. The van der Waals surface area contributed by atoms with Crippen LogP contribution in [0.25, 0.3) is 0 Å². The van der Waals surface area contributed by atoms with Crippen molar-refractivity contribution in [3.63, 3.8) is 0 Å². The van der Waals surface area contributed by atoms with Gasteiger partial charge in [0, 0.05) is 11.8 Å². The molecule has 1 aliphatic rings. The first-order valence-corrected chi connectivity index (χ1v) is 8.71. The normalized spacial score (nSPS) is 34.1. The second-order valence-electron chi connectivity index (χ2n) is 3.26. The van der Waals surface area contributed by atoms with Gasteiger partial charge in [-0.1, -0.05) is 0 Å². The maximum atomic E-state index is 11.8. The molecule has 0 aliphatic carbocycles. The zero-order valence-electron chi connectivity index (χ0n) is 8.57. The molecule has 0 amide bonds. The number of rotatable bonds is 6. The molecule has 0 aromatic carbocycles. The Morgan fingerprint density at radius 2 is 1.59 bits per heavy atom. The zero-order valence-corrected chi connectivity index (χ0v) is 11.9. The summed E-state index contributed by atoms with van der Waals surface area (Å²) in [6, 6.07) is 0. The summed E-state index contributed by atoms with van der Waals surface area (Å²) in [6.45, 7) is 0. The van der Waals surface area contributed by atoms with Crippen molar-refractivity contribution in [3.05, 3.63) is 0 Å². The predicted molar refractivity (Wildman–Crippen MR) is 61.2 cm³/mol. The van der Waals surface area contributed by atoms with Crippen LogP contribution in [0.3, 0.4) is 0 Å². The highest BCUT2D eigenvalue weighted by atomic mass is 35.5. The van der Waals surface area contributed by atoms with Gasteiger partial charge >= 0.3 is 15.6 Å². The third kappa shape index (κ3) is 5.15. The average molecular weight is 329 g/mol. The van der Waals surface area contributed by atoms with Gasteiger partial charge in [-0.2, -0.15) is 4.31 Å². The highest BCUT2D eigenvalue weighted by Crippen LogP contribution is 2.66. The van der Waals surface area contributed by atoms with Gasteiger partial charge in [0.05, 0.1) is 12.2 Å². The molecular weight excluding hydrogens is 317 g/mol. The Kier molecular flexibility index (Phi) is 5.92. The van der Waals surface area contributed by atoms with Crippen LogP contribution >= 0.6 is 38.8 Å². The number of halogens is 2. The smallest absolute Gasteiger partial charge is 0.302 e. The molecule has 1 rings (SSSR count). The molecule has 0 aromatic rings. The fourth-order valence-electron chi connectivity index (χ4n) is 1.35. The van der Waals surface area contributed by atoms with Gasteiger partial charge in [0.1, 0.15) is 0 Å². The molecule has 0 spiro atoms. The topological polar surface area (TPSA) is 102 Å². The Hall–Kier alpha value is 0.840. The second-order valence-corrected chi connectivity index (χ2v) is 6.97. The Balaban J connectivity index is 2.73. The summed E-state index contributed by atoms with van der Waals surface area (Å²) in [6.07, 6.45) is -0.665. The van der Waals surface area contributed by atoms with E-state index in [1.54, 1.807) is 0 Å². The molecule has 102 valence electrons. The fourth-order valence-corrected chi connectivity index (χ4v) is 4.33. The number of hydrogen-bond acceptors (Lipinski definition) is 5. The van der Waals surface area contributed by atoms with Gasteiger partial charge < -0.3 is 9.79 Å². The van der Waals surface area contributed by atoms with Crippen LogP contribution in [-0.2, 0) is 22.5 Å². The van der Waals surface area contributed by atoms with Gasteiger partial charge in [-0.25, -0.2) is 9.13 Å². The molecule has 1 aliphatic heterocycles. The lowest BCUT2D eigenvalue weighted by Gasteiger charge is -2.11. The van der Waals surface area contributed by atoms with E-state index in [9.17, 15) is 9.13 Å². The first-order valence-electron chi connectivity index (χ1n) is 4.65. The van der Waals surface area contributed by atoms with E-state index in [0.717, 1.165) is 0 Å². The summed E-state index contributed by atoms with van der Waals surface area (Å²) >= 11 is 11.0. The minimum atomic E-state index is -4.95. The van der Waals surface area contributed by atoms with Crippen LogP contribution in [-0.4, -0.2) is 33.8 Å². The van der Waals surface area contributed by atoms with E-state index < -0.39 is 27.9 Å². The summed E-state index contributed by atoms with van der Waals surface area (Å²) < 4.78 is 36.2. The molecule has 0 aromatic heterocycles. The SMILES string of the molecule is O=P(O)(O)OP1(=O)OC(CCCl)C(CCCl)O1. The number of hydrogen-bond donors (Lipinski definition) is 2. The lowest BCUT2D eigenvalue weighted by Crippen LogP contribution is -2.23. The number of phosphoric ester groups is 1. The summed E-state index contributed by atoms with van der Waals surface area (Å²) in [5.41, 5.74) is 0. The number of alkyl halides is 2. The molecule has 0 radical (unpaired) electrons. The molecule has 2 unspecified atom stereocenters. The molecule has 0 saturated carbocycles. The molecule has 0 bridgehead atoms. The summed E-state index contributed by atoms with van der Waals surface area (Å²) in [5.74, 6) is 0.450. The van der Waals surface area contributed by atoms with Crippen molar-refractivity contribution in [2.45, 2.75) is 25.0 Å². The minimum absolute atomic E-state index is 0.225. The average Bonchev–Trinajstić information content (AvgIpc) is 2.40. The van der Waals surface area contributed by atoms with E-state index in [4.69, 9.17) is 42.0 Å².